The molecule has 1 saturated carbocycles. The summed E-state index contributed by atoms with van der Waals surface area (Å²) in [4.78, 5) is 0. The summed E-state index contributed by atoms with van der Waals surface area (Å²) in [6.45, 7) is 2.49. The van der Waals surface area contributed by atoms with Crippen LogP contribution in [0.2, 0.25) is 0 Å². The molecule has 1 fully saturated rings. The first-order valence-corrected chi connectivity index (χ1v) is 7.52. The van der Waals surface area contributed by atoms with Gasteiger partial charge in [0.05, 0.1) is 5.56 Å². The Morgan fingerprint density at radius 3 is 2.48 bits per heavy atom. The number of nitrogens with one attached hydrogen (secondary N) is 1. The van der Waals surface area contributed by atoms with E-state index in [2.05, 4.69) is 5.32 Å². The van der Waals surface area contributed by atoms with Crippen molar-refractivity contribution in [2.45, 2.75) is 51.2 Å². The smallest absolute Gasteiger partial charge is 0.310 e. The van der Waals surface area contributed by atoms with Crippen LogP contribution in [0.3, 0.4) is 0 Å². The molecule has 0 radical (unpaired) electrons. The van der Waals surface area contributed by atoms with Crippen molar-refractivity contribution in [2.24, 2.45) is 5.92 Å². The molecule has 1 aliphatic carbocycles. The van der Waals surface area contributed by atoms with Gasteiger partial charge in [-0.15, -0.1) is 0 Å². The van der Waals surface area contributed by atoms with Gasteiger partial charge in [0.15, 0.2) is 0 Å². The molecule has 0 bridgehead atoms. The predicted molar refractivity (Wildman–Crippen MR) is 74.4 cm³/mol. The fraction of sp³-hybridized carbons (Fsp3) is 0.625. The number of hydrogen-bond donors (Lipinski definition) is 1. The maximum absolute atomic E-state index is 14.3. The molecule has 1 aromatic carbocycles. The van der Waals surface area contributed by atoms with Crippen LogP contribution in [0.15, 0.2) is 18.2 Å². The number of halogens is 4. The molecule has 5 heteroatoms. The van der Waals surface area contributed by atoms with Crippen molar-refractivity contribution in [3.63, 3.8) is 0 Å². The van der Waals surface area contributed by atoms with E-state index >= 15 is 0 Å². The first kappa shape index (κ1) is 16.3. The van der Waals surface area contributed by atoms with E-state index in [0.29, 0.717) is 18.9 Å². The van der Waals surface area contributed by atoms with Gasteiger partial charge in [0, 0.05) is 11.6 Å². The van der Waals surface area contributed by atoms with Gasteiger partial charge in [0.2, 0.25) is 0 Å². The van der Waals surface area contributed by atoms with Crippen LogP contribution in [-0.4, -0.2) is 6.54 Å². The van der Waals surface area contributed by atoms with Crippen LogP contribution in [0.1, 0.15) is 56.2 Å². The second-order valence-electron chi connectivity index (χ2n) is 5.70. The average Bonchev–Trinajstić information content (AvgIpc) is 2.90. The monoisotopic (exact) mass is 303 g/mol. The first-order valence-electron chi connectivity index (χ1n) is 7.52. The van der Waals surface area contributed by atoms with Crippen LogP contribution in [0.25, 0.3) is 0 Å². The van der Waals surface area contributed by atoms with Gasteiger partial charge in [-0.05, 0) is 24.9 Å². The Morgan fingerprint density at radius 1 is 1.24 bits per heavy atom. The van der Waals surface area contributed by atoms with Gasteiger partial charge in [-0.1, -0.05) is 44.7 Å². The van der Waals surface area contributed by atoms with Gasteiger partial charge < -0.3 is 5.32 Å². The number of rotatable bonds is 5. The van der Waals surface area contributed by atoms with Crippen LogP contribution < -0.4 is 5.32 Å². The van der Waals surface area contributed by atoms with Gasteiger partial charge in [0.1, 0.15) is 5.82 Å². The Bertz CT molecular complexity index is 464. The summed E-state index contributed by atoms with van der Waals surface area (Å²) in [5, 5.41) is 3.14. The molecule has 21 heavy (non-hydrogen) atoms. The molecule has 118 valence electrons. The molecule has 0 spiro atoms. The molecule has 2 rings (SSSR count). The van der Waals surface area contributed by atoms with Crippen LogP contribution in [0, 0.1) is 11.7 Å². The van der Waals surface area contributed by atoms with Crippen LogP contribution >= 0.6 is 0 Å². The van der Waals surface area contributed by atoms with E-state index in [-0.39, 0.29) is 11.6 Å². The quantitative estimate of drug-likeness (QED) is 0.748. The van der Waals surface area contributed by atoms with Gasteiger partial charge in [0.25, 0.3) is 0 Å². The third-order valence-electron chi connectivity index (χ3n) is 4.20. The van der Waals surface area contributed by atoms with Gasteiger partial charge in [-0.3, -0.25) is 0 Å². The van der Waals surface area contributed by atoms with Crippen LogP contribution in [-0.2, 0) is 6.18 Å². The molecule has 0 saturated heterocycles. The lowest BCUT2D eigenvalue weighted by molar-refractivity contribution is -0.140. The highest BCUT2D eigenvalue weighted by Gasteiger charge is 2.36. The summed E-state index contributed by atoms with van der Waals surface area (Å²) in [6, 6.07) is 3.21. The Balaban J connectivity index is 2.26. The molecule has 0 aliphatic heterocycles. The first-order chi connectivity index (χ1) is 9.93. The standard InChI is InChI=1S/C16H21F4N/c1-2-21-14(10-11-6-3-4-7-11)12-8-5-9-13(15(12)17)16(18,19)20/h5,8-9,11,14,21H,2-4,6-7,10H2,1H3. The maximum atomic E-state index is 14.3. The molecule has 1 unspecified atom stereocenters. The highest BCUT2D eigenvalue weighted by molar-refractivity contribution is 5.30. The van der Waals surface area contributed by atoms with Crippen molar-refractivity contribution >= 4 is 0 Å². The zero-order chi connectivity index (χ0) is 15.5. The lowest BCUT2D eigenvalue weighted by Crippen LogP contribution is -2.25. The summed E-state index contributed by atoms with van der Waals surface area (Å²) in [7, 11) is 0. The highest BCUT2D eigenvalue weighted by Crippen LogP contribution is 2.37. The predicted octanol–water partition coefficient (Wildman–Crippen LogP) is 5.08. The van der Waals surface area contributed by atoms with Gasteiger partial charge in [-0.25, -0.2) is 4.39 Å². The third-order valence-corrected chi connectivity index (χ3v) is 4.20. The molecule has 1 aliphatic rings. The van der Waals surface area contributed by atoms with Gasteiger partial charge in [-0.2, -0.15) is 13.2 Å². The molecule has 1 aromatic rings. The zero-order valence-corrected chi connectivity index (χ0v) is 12.1. The minimum absolute atomic E-state index is 0.138. The molecular formula is C16H21F4N. The fourth-order valence-electron chi connectivity index (χ4n) is 3.18. The summed E-state index contributed by atoms with van der Waals surface area (Å²) in [5.41, 5.74) is -1.03. The SMILES string of the molecule is CCNC(CC1CCCC1)c1cccc(C(F)(F)F)c1F. The average molecular weight is 303 g/mol. The van der Waals surface area contributed by atoms with Crippen molar-refractivity contribution in [1.82, 2.24) is 5.32 Å². The van der Waals surface area contributed by atoms with E-state index < -0.39 is 17.6 Å². The molecule has 0 aromatic heterocycles. The lowest BCUT2D eigenvalue weighted by atomic mass is 9.92. The fourth-order valence-corrected chi connectivity index (χ4v) is 3.18. The number of alkyl halides is 3. The third kappa shape index (κ3) is 3.96. The molecule has 1 N–H and O–H groups in total. The molecule has 1 nitrogen and oxygen atoms in total. The Morgan fingerprint density at radius 2 is 1.90 bits per heavy atom. The number of hydrogen-bond acceptors (Lipinski definition) is 1. The highest BCUT2D eigenvalue weighted by atomic mass is 19.4. The van der Waals surface area contributed by atoms with E-state index in [1.807, 2.05) is 6.92 Å². The molecule has 0 amide bonds. The summed E-state index contributed by atoms with van der Waals surface area (Å²) >= 11 is 0. The summed E-state index contributed by atoms with van der Waals surface area (Å²) in [6.07, 6.45) is 0.546. The Kier molecular flexibility index (Phi) is 5.25. The van der Waals surface area contributed by atoms with E-state index in [1.165, 1.54) is 12.1 Å². The maximum Gasteiger partial charge on any atom is 0.419 e. The van der Waals surface area contributed by atoms with E-state index in [4.69, 9.17) is 0 Å². The topological polar surface area (TPSA) is 12.0 Å². The van der Waals surface area contributed by atoms with E-state index in [0.717, 1.165) is 31.7 Å². The van der Waals surface area contributed by atoms with Crippen molar-refractivity contribution in [1.29, 1.82) is 0 Å². The molecule has 0 heterocycles. The Labute approximate surface area is 122 Å². The van der Waals surface area contributed by atoms with Gasteiger partial charge >= 0.3 is 6.18 Å². The lowest BCUT2D eigenvalue weighted by Gasteiger charge is -2.23. The normalized spacial score (nSPS) is 18.1. The summed E-state index contributed by atoms with van der Waals surface area (Å²) < 4.78 is 52.7. The minimum Gasteiger partial charge on any atom is -0.310 e. The van der Waals surface area contributed by atoms with Crippen molar-refractivity contribution in [2.75, 3.05) is 6.54 Å². The Hall–Kier alpha value is -1.10. The second-order valence-corrected chi connectivity index (χ2v) is 5.70. The largest absolute Gasteiger partial charge is 0.419 e. The van der Waals surface area contributed by atoms with Crippen LogP contribution in [0.4, 0.5) is 17.6 Å². The van der Waals surface area contributed by atoms with Crippen molar-refractivity contribution in [3.05, 3.63) is 35.1 Å². The minimum atomic E-state index is -4.65. The zero-order valence-electron chi connectivity index (χ0n) is 12.1. The summed E-state index contributed by atoms with van der Waals surface area (Å²) in [5.74, 6) is -0.656. The molecule has 1 atom stereocenters. The van der Waals surface area contributed by atoms with Crippen molar-refractivity contribution in [3.8, 4) is 0 Å². The van der Waals surface area contributed by atoms with E-state index in [9.17, 15) is 17.6 Å². The molecular weight excluding hydrogens is 282 g/mol. The van der Waals surface area contributed by atoms with Crippen molar-refractivity contribution < 1.29 is 17.6 Å². The number of benzene rings is 1. The second kappa shape index (κ2) is 6.77. The van der Waals surface area contributed by atoms with E-state index in [1.54, 1.807) is 0 Å². The van der Waals surface area contributed by atoms with Crippen LogP contribution in [0.5, 0.6) is 0 Å².